The van der Waals surface area contributed by atoms with Crippen molar-refractivity contribution in [2.45, 2.75) is 6.54 Å². The first-order chi connectivity index (χ1) is 9.72. The molecule has 100 valence electrons. The minimum atomic E-state index is -0.220. The maximum Gasteiger partial charge on any atom is 0.147 e. The van der Waals surface area contributed by atoms with Gasteiger partial charge in [-0.2, -0.15) is 0 Å². The van der Waals surface area contributed by atoms with Crippen LogP contribution in [-0.4, -0.2) is 17.0 Å². The molecule has 0 spiro atoms. The summed E-state index contributed by atoms with van der Waals surface area (Å²) in [4.78, 5) is 11.0. The topological polar surface area (TPSA) is 29.0 Å². The molecule has 0 atom stereocenters. The van der Waals surface area contributed by atoms with Crippen LogP contribution in [0.15, 0.2) is 54.7 Å². The van der Waals surface area contributed by atoms with Gasteiger partial charge in [-0.1, -0.05) is 24.3 Å². The molecule has 0 aliphatic heterocycles. The highest BCUT2D eigenvalue weighted by molar-refractivity contribution is 5.75. The van der Waals surface area contributed by atoms with E-state index in [2.05, 4.69) is 9.97 Å². The Morgan fingerprint density at radius 3 is 2.45 bits per heavy atom. The molecule has 4 heteroatoms. The Hall–Kier alpha value is -2.49. The van der Waals surface area contributed by atoms with Crippen molar-refractivity contribution in [1.29, 1.82) is 0 Å². The van der Waals surface area contributed by atoms with E-state index in [4.69, 9.17) is 0 Å². The fourth-order valence-corrected chi connectivity index (χ4v) is 2.08. The number of nitrogens with zero attached hydrogens (tertiary/aromatic N) is 3. The van der Waals surface area contributed by atoms with Gasteiger partial charge in [0.15, 0.2) is 0 Å². The van der Waals surface area contributed by atoms with E-state index in [1.54, 1.807) is 18.3 Å². The van der Waals surface area contributed by atoms with Crippen molar-refractivity contribution < 1.29 is 4.39 Å². The van der Waals surface area contributed by atoms with Crippen LogP contribution in [0, 0.1) is 5.82 Å². The van der Waals surface area contributed by atoms with E-state index in [1.807, 2.05) is 36.2 Å². The summed E-state index contributed by atoms with van der Waals surface area (Å²) in [6.45, 7) is 0.660. The third kappa shape index (κ3) is 2.59. The van der Waals surface area contributed by atoms with Gasteiger partial charge in [-0.3, -0.25) is 4.98 Å². The van der Waals surface area contributed by atoms with Crippen molar-refractivity contribution in [2.24, 2.45) is 0 Å². The van der Waals surface area contributed by atoms with E-state index >= 15 is 0 Å². The molecule has 2 aromatic carbocycles. The van der Waals surface area contributed by atoms with Crippen LogP contribution < -0.4 is 4.90 Å². The number of rotatable bonds is 3. The van der Waals surface area contributed by atoms with Crippen LogP contribution in [0.25, 0.3) is 11.0 Å². The number of hydrogen-bond donors (Lipinski definition) is 0. The summed E-state index contributed by atoms with van der Waals surface area (Å²) in [7, 11) is 1.95. The smallest absolute Gasteiger partial charge is 0.147 e. The van der Waals surface area contributed by atoms with Gasteiger partial charge in [0.25, 0.3) is 0 Å². The number of hydrogen-bond acceptors (Lipinski definition) is 3. The van der Waals surface area contributed by atoms with Gasteiger partial charge in [0.05, 0.1) is 17.2 Å². The van der Waals surface area contributed by atoms with E-state index in [9.17, 15) is 4.39 Å². The zero-order valence-corrected chi connectivity index (χ0v) is 11.1. The van der Waals surface area contributed by atoms with Gasteiger partial charge in [-0.25, -0.2) is 9.37 Å². The fourth-order valence-electron chi connectivity index (χ4n) is 2.08. The largest absolute Gasteiger partial charge is 0.354 e. The Balaban J connectivity index is 1.84. The van der Waals surface area contributed by atoms with Gasteiger partial charge in [0.1, 0.15) is 11.6 Å². The highest BCUT2D eigenvalue weighted by Crippen LogP contribution is 2.16. The molecule has 0 radical (unpaired) electrons. The molecule has 0 saturated carbocycles. The first kappa shape index (κ1) is 12.5. The Morgan fingerprint density at radius 2 is 1.70 bits per heavy atom. The van der Waals surface area contributed by atoms with Crippen LogP contribution in [0.2, 0.25) is 0 Å². The van der Waals surface area contributed by atoms with Crippen LogP contribution in [0.5, 0.6) is 0 Å². The lowest BCUT2D eigenvalue weighted by Gasteiger charge is -2.18. The molecule has 0 aliphatic carbocycles. The van der Waals surface area contributed by atoms with Gasteiger partial charge >= 0.3 is 0 Å². The molecular weight excluding hydrogens is 253 g/mol. The Morgan fingerprint density at radius 1 is 1.00 bits per heavy atom. The van der Waals surface area contributed by atoms with Crippen molar-refractivity contribution in [3.8, 4) is 0 Å². The van der Waals surface area contributed by atoms with E-state index < -0.39 is 0 Å². The van der Waals surface area contributed by atoms with Crippen LogP contribution in [0.3, 0.4) is 0 Å². The molecule has 0 unspecified atom stereocenters. The van der Waals surface area contributed by atoms with E-state index in [0.717, 1.165) is 22.4 Å². The van der Waals surface area contributed by atoms with Crippen molar-refractivity contribution in [3.05, 3.63) is 66.1 Å². The fraction of sp³-hybridized carbons (Fsp3) is 0.125. The zero-order chi connectivity index (χ0) is 13.9. The Bertz CT molecular complexity index is 725. The summed E-state index contributed by atoms with van der Waals surface area (Å²) in [5.41, 5.74) is 2.78. The van der Waals surface area contributed by atoms with Gasteiger partial charge in [-0.15, -0.1) is 0 Å². The molecule has 1 heterocycles. The van der Waals surface area contributed by atoms with Crippen molar-refractivity contribution in [2.75, 3.05) is 11.9 Å². The summed E-state index contributed by atoms with van der Waals surface area (Å²) < 4.78 is 12.9. The SMILES string of the molecule is CN(Cc1ccc(F)cc1)c1cnc2ccccc2n1. The van der Waals surface area contributed by atoms with Crippen molar-refractivity contribution in [1.82, 2.24) is 9.97 Å². The number of aromatic nitrogens is 2. The number of fused-ring (bicyclic) bond motifs is 1. The first-order valence-corrected chi connectivity index (χ1v) is 6.40. The van der Waals surface area contributed by atoms with Crippen molar-refractivity contribution in [3.63, 3.8) is 0 Å². The number of benzene rings is 2. The maximum absolute atomic E-state index is 12.9. The number of para-hydroxylation sites is 2. The van der Waals surface area contributed by atoms with Gasteiger partial charge in [0, 0.05) is 13.6 Å². The lowest BCUT2D eigenvalue weighted by molar-refractivity contribution is 0.627. The molecule has 3 nitrogen and oxygen atoms in total. The third-order valence-corrected chi connectivity index (χ3v) is 3.16. The molecule has 0 saturated heterocycles. The van der Waals surface area contributed by atoms with Crippen LogP contribution in [0.1, 0.15) is 5.56 Å². The molecule has 0 aliphatic rings. The normalized spacial score (nSPS) is 10.7. The van der Waals surface area contributed by atoms with E-state index in [1.165, 1.54) is 12.1 Å². The Labute approximate surface area is 116 Å². The summed E-state index contributed by atoms with van der Waals surface area (Å²) in [6, 6.07) is 14.3. The standard InChI is InChI=1S/C16H14FN3/c1-20(11-12-6-8-13(17)9-7-12)16-10-18-14-4-2-3-5-15(14)19-16/h2-10H,11H2,1H3. The second-order valence-electron chi connectivity index (χ2n) is 4.70. The molecule has 0 fully saturated rings. The second-order valence-corrected chi connectivity index (χ2v) is 4.70. The first-order valence-electron chi connectivity index (χ1n) is 6.40. The van der Waals surface area contributed by atoms with E-state index in [0.29, 0.717) is 6.54 Å². The van der Waals surface area contributed by atoms with Crippen molar-refractivity contribution >= 4 is 16.9 Å². The van der Waals surface area contributed by atoms with Gasteiger partial charge in [0.2, 0.25) is 0 Å². The quantitative estimate of drug-likeness (QED) is 0.728. The molecular formula is C16H14FN3. The highest BCUT2D eigenvalue weighted by atomic mass is 19.1. The summed E-state index contributed by atoms with van der Waals surface area (Å²) in [5.74, 6) is 0.579. The van der Waals surface area contributed by atoms with E-state index in [-0.39, 0.29) is 5.82 Å². The predicted molar refractivity (Wildman–Crippen MR) is 78.0 cm³/mol. The molecule has 3 aromatic rings. The summed E-state index contributed by atoms with van der Waals surface area (Å²) in [6.07, 6.45) is 1.76. The monoisotopic (exact) mass is 267 g/mol. The number of anilines is 1. The average Bonchev–Trinajstić information content (AvgIpc) is 2.49. The number of halogens is 1. The summed E-state index contributed by atoms with van der Waals surface area (Å²) >= 11 is 0. The average molecular weight is 267 g/mol. The third-order valence-electron chi connectivity index (χ3n) is 3.16. The van der Waals surface area contributed by atoms with Crippen LogP contribution in [0.4, 0.5) is 10.2 Å². The zero-order valence-electron chi connectivity index (χ0n) is 11.1. The molecule has 0 amide bonds. The minimum absolute atomic E-state index is 0.220. The highest BCUT2D eigenvalue weighted by Gasteiger charge is 2.05. The van der Waals surface area contributed by atoms with Crippen LogP contribution >= 0.6 is 0 Å². The molecule has 1 aromatic heterocycles. The molecule has 0 bridgehead atoms. The predicted octanol–water partition coefficient (Wildman–Crippen LogP) is 3.41. The van der Waals surface area contributed by atoms with Gasteiger partial charge in [-0.05, 0) is 29.8 Å². The second kappa shape index (κ2) is 5.25. The summed E-state index contributed by atoms with van der Waals surface area (Å²) in [5, 5.41) is 0. The molecule has 3 rings (SSSR count). The molecule has 20 heavy (non-hydrogen) atoms. The lowest BCUT2D eigenvalue weighted by atomic mass is 10.2. The minimum Gasteiger partial charge on any atom is -0.354 e. The Kier molecular flexibility index (Phi) is 3.29. The molecule has 0 N–H and O–H groups in total. The maximum atomic E-state index is 12.9. The van der Waals surface area contributed by atoms with Crippen LogP contribution in [-0.2, 0) is 6.54 Å². The lowest BCUT2D eigenvalue weighted by Crippen LogP contribution is -2.17. The van der Waals surface area contributed by atoms with Gasteiger partial charge < -0.3 is 4.90 Å².